The maximum Gasteiger partial charge on any atom is 0.244 e. The second-order valence-corrected chi connectivity index (χ2v) is 6.13. The molecular formula is C18H23ClN4O3. The summed E-state index contributed by atoms with van der Waals surface area (Å²) in [5.41, 5.74) is 1.46. The summed E-state index contributed by atoms with van der Waals surface area (Å²) in [4.78, 5) is 23.6. The van der Waals surface area contributed by atoms with Crippen molar-refractivity contribution in [2.75, 3.05) is 6.54 Å². The summed E-state index contributed by atoms with van der Waals surface area (Å²) in [5.74, 6) is -0.0329. The van der Waals surface area contributed by atoms with E-state index >= 15 is 0 Å². The van der Waals surface area contributed by atoms with Gasteiger partial charge in [-0.15, -0.1) is 0 Å². The summed E-state index contributed by atoms with van der Waals surface area (Å²) < 4.78 is 6.85. The summed E-state index contributed by atoms with van der Waals surface area (Å²) in [6, 6.07) is 3.50. The second-order valence-electron chi connectivity index (χ2n) is 5.77. The molecule has 0 aliphatic carbocycles. The lowest BCUT2D eigenvalue weighted by Gasteiger charge is -2.04. The van der Waals surface area contributed by atoms with Crippen molar-refractivity contribution in [2.45, 2.75) is 39.8 Å². The number of carbonyl (C=O) groups excluding carboxylic acids is 2. The molecule has 2 rings (SSSR count). The smallest absolute Gasteiger partial charge is 0.244 e. The minimum Gasteiger partial charge on any atom is -0.467 e. The molecule has 7 nitrogen and oxygen atoms in total. The van der Waals surface area contributed by atoms with Crippen molar-refractivity contribution < 1.29 is 14.0 Å². The molecule has 0 unspecified atom stereocenters. The molecule has 0 aromatic carbocycles. The fraction of sp³-hybridized carbons (Fsp3) is 0.389. The Labute approximate surface area is 157 Å². The number of carbonyl (C=O) groups is 2. The van der Waals surface area contributed by atoms with Gasteiger partial charge >= 0.3 is 0 Å². The molecule has 0 saturated heterocycles. The highest BCUT2D eigenvalue weighted by Gasteiger charge is 2.11. The normalized spacial score (nSPS) is 11.0. The summed E-state index contributed by atoms with van der Waals surface area (Å²) >= 11 is 6.31. The maximum absolute atomic E-state index is 11.9. The Morgan fingerprint density at radius 3 is 2.88 bits per heavy atom. The number of halogens is 1. The predicted molar refractivity (Wildman–Crippen MR) is 99.5 cm³/mol. The van der Waals surface area contributed by atoms with Crippen LogP contribution in [0.3, 0.4) is 0 Å². The van der Waals surface area contributed by atoms with Crippen molar-refractivity contribution in [3.05, 3.63) is 46.6 Å². The number of nitrogens with zero attached hydrogens (tertiary/aromatic N) is 2. The lowest BCUT2D eigenvalue weighted by atomic mass is 10.2. The third kappa shape index (κ3) is 5.77. The average Bonchev–Trinajstić information content (AvgIpc) is 3.23. The van der Waals surface area contributed by atoms with Crippen LogP contribution in [-0.2, 0) is 22.7 Å². The molecule has 0 aliphatic heterocycles. The fourth-order valence-electron chi connectivity index (χ4n) is 2.26. The van der Waals surface area contributed by atoms with E-state index in [1.54, 1.807) is 22.9 Å². The van der Waals surface area contributed by atoms with Crippen LogP contribution in [0.15, 0.2) is 28.9 Å². The van der Waals surface area contributed by atoms with Crippen molar-refractivity contribution >= 4 is 29.5 Å². The van der Waals surface area contributed by atoms with Gasteiger partial charge in [-0.25, -0.2) is 0 Å². The number of aryl methyl sites for hydroxylation is 2. The van der Waals surface area contributed by atoms with Gasteiger partial charge < -0.3 is 15.1 Å². The van der Waals surface area contributed by atoms with Gasteiger partial charge in [-0.3, -0.25) is 14.3 Å². The van der Waals surface area contributed by atoms with E-state index in [1.165, 1.54) is 12.3 Å². The molecule has 8 heteroatoms. The van der Waals surface area contributed by atoms with E-state index in [1.807, 2.05) is 6.92 Å². The molecule has 0 fully saturated rings. The van der Waals surface area contributed by atoms with Crippen LogP contribution in [0.25, 0.3) is 6.08 Å². The molecule has 140 valence electrons. The Balaban J connectivity index is 1.81. The number of hydrogen-bond acceptors (Lipinski definition) is 4. The molecule has 2 aromatic heterocycles. The topological polar surface area (TPSA) is 89.2 Å². The Hall–Kier alpha value is -2.54. The monoisotopic (exact) mass is 378 g/mol. The molecule has 2 amide bonds. The number of hydrogen-bond donors (Lipinski definition) is 2. The average molecular weight is 379 g/mol. The van der Waals surface area contributed by atoms with Crippen molar-refractivity contribution in [1.82, 2.24) is 20.4 Å². The molecule has 0 bridgehead atoms. The van der Waals surface area contributed by atoms with E-state index < -0.39 is 0 Å². The van der Waals surface area contributed by atoms with Gasteiger partial charge in [0, 0.05) is 18.2 Å². The Morgan fingerprint density at radius 1 is 1.38 bits per heavy atom. The fourth-order valence-corrected chi connectivity index (χ4v) is 2.58. The lowest BCUT2D eigenvalue weighted by Crippen LogP contribution is -2.35. The molecule has 2 N–H and O–H groups in total. The molecular weight excluding hydrogens is 356 g/mol. The first-order chi connectivity index (χ1) is 12.5. The lowest BCUT2D eigenvalue weighted by molar-refractivity contribution is -0.124. The Kier molecular flexibility index (Phi) is 7.47. The zero-order valence-electron chi connectivity index (χ0n) is 14.9. The van der Waals surface area contributed by atoms with Gasteiger partial charge in [-0.2, -0.15) is 5.10 Å². The highest BCUT2D eigenvalue weighted by Crippen LogP contribution is 2.21. The summed E-state index contributed by atoms with van der Waals surface area (Å²) in [6.07, 6.45) is 6.52. The Morgan fingerprint density at radius 2 is 2.19 bits per heavy atom. The minimum atomic E-state index is -0.380. The third-order valence-electron chi connectivity index (χ3n) is 3.70. The standard InChI is InChI=1S/C18H23ClN4O3/c1-3-4-9-23-18(19)15(13(2)22-23)7-8-16(24)21-12-17(25)20-11-14-6-5-10-26-14/h5-8,10H,3-4,9,11-12H2,1-2H3,(H,20,25)(H,21,24)/b8-7+. The number of amides is 2. The molecule has 0 aliphatic rings. The quantitative estimate of drug-likeness (QED) is 0.656. The van der Waals surface area contributed by atoms with E-state index in [2.05, 4.69) is 22.7 Å². The van der Waals surface area contributed by atoms with Crippen LogP contribution in [-0.4, -0.2) is 28.1 Å². The predicted octanol–water partition coefficient (Wildman–Crippen LogP) is 2.68. The van der Waals surface area contributed by atoms with Gasteiger partial charge in [-0.1, -0.05) is 24.9 Å². The zero-order valence-corrected chi connectivity index (χ0v) is 15.7. The molecule has 26 heavy (non-hydrogen) atoms. The minimum absolute atomic E-state index is 0.119. The largest absolute Gasteiger partial charge is 0.467 e. The van der Waals surface area contributed by atoms with Gasteiger partial charge in [0.05, 0.1) is 25.0 Å². The van der Waals surface area contributed by atoms with Gasteiger partial charge in [0.15, 0.2) is 0 Å². The number of aromatic nitrogens is 2. The first kappa shape index (κ1) is 19.8. The molecule has 2 aromatic rings. The van der Waals surface area contributed by atoms with Crippen LogP contribution in [0.5, 0.6) is 0 Å². The van der Waals surface area contributed by atoms with Crippen molar-refractivity contribution in [1.29, 1.82) is 0 Å². The first-order valence-corrected chi connectivity index (χ1v) is 8.87. The number of furan rings is 1. The van der Waals surface area contributed by atoms with E-state index in [0.29, 0.717) is 16.5 Å². The maximum atomic E-state index is 11.9. The van der Waals surface area contributed by atoms with Gasteiger partial charge in [-0.05, 0) is 31.6 Å². The molecule has 2 heterocycles. The van der Waals surface area contributed by atoms with E-state index in [4.69, 9.17) is 16.0 Å². The summed E-state index contributed by atoms with van der Waals surface area (Å²) in [7, 11) is 0. The highest BCUT2D eigenvalue weighted by molar-refractivity contribution is 6.31. The Bertz CT molecular complexity index is 766. The van der Waals surface area contributed by atoms with Crippen LogP contribution in [0.1, 0.15) is 36.8 Å². The molecule has 0 radical (unpaired) electrons. The van der Waals surface area contributed by atoms with Gasteiger partial charge in [0.1, 0.15) is 10.9 Å². The van der Waals surface area contributed by atoms with Crippen LogP contribution in [0.4, 0.5) is 0 Å². The number of nitrogens with one attached hydrogen (secondary N) is 2. The second kappa shape index (κ2) is 9.82. The summed E-state index contributed by atoms with van der Waals surface area (Å²) in [6.45, 7) is 4.84. The van der Waals surface area contributed by atoms with Crippen LogP contribution >= 0.6 is 11.6 Å². The van der Waals surface area contributed by atoms with Crippen molar-refractivity contribution in [3.8, 4) is 0 Å². The first-order valence-electron chi connectivity index (χ1n) is 8.49. The van der Waals surface area contributed by atoms with Crippen LogP contribution < -0.4 is 10.6 Å². The van der Waals surface area contributed by atoms with Crippen LogP contribution in [0, 0.1) is 6.92 Å². The van der Waals surface area contributed by atoms with Gasteiger partial charge in [0.25, 0.3) is 0 Å². The summed E-state index contributed by atoms with van der Waals surface area (Å²) in [5, 5.41) is 10.1. The SMILES string of the molecule is CCCCn1nc(C)c(/C=C/C(=O)NCC(=O)NCc2ccco2)c1Cl. The van der Waals surface area contributed by atoms with E-state index in [9.17, 15) is 9.59 Å². The van der Waals surface area contributed by atoms with Crippen LogP contribution in [0.2, 0.25) is 5.15 Å². The third-order valence-corrected chi connectivity index (χ3v) is 4.10. The molecule has 0 spiro atoms. The van der Waals surface area contributed by atoms with Crippen molar-refractivity contribution in [2.24, 2.45) is 0 Å². The van der Waals surface area contributed by atoms with Gasteiger partial charge in [0.2, 0.25) is 11.8 Å². The highest BCUT2D eigenvalue weighted by atomic mass is 35.5. The molecule has 0 atom stereocenters. The van der Waals surface area contributed by atoms with Crippen molar-refractivity contribution in [3.63, 3.8) is 0 Å². The zero-order chi connectivity index (χ0) is 18.9. The number of rotatable bonds is 9. The molecule has 0 saturated carbocycles. The number of unbranched alkanes of at least 4 members (excludes halogenated alkanes) is 1. The van der Waals surface area contributed by atoms with E-state index in [-0.39, 0.29) is 24.9 Å². The van der Waals surface area contributed by atoms with E-state index in [0.717, 1.165) is 25.1 Å².